The summed E-state index contributed by atoms with van der Waals surface area (Å²) in [5.74, 6) is -1.08. The van der Waals surface area contributed by atoms with E-state index in [1.807, 2.05) is 11.8 Å². The fourth-order valence-electron chi connectivity index (χ4n) is 3.61. The Morgan fingerprint density at radius 2 is 1.57 bits per heavy atom. The first-order valence-electron chi connectivity index (χ1n) is 11.2. The van der Waals surface area contributed by atoms with Crippen LogP contribution in [0.4, 0.5) is 5.00 Å². The molecule has 1 fully saturated rings. The number of hydrogen-bond acceptors (Lipinski definition) is 8. The first-order chi connectivity index (χ1) is 16.6. The van der Waals surface area contributed by atoms with Crippen LogP contribution in [0, 0.1) is 13.8 Å². The third kappa shape index (κ3) is 6.00. The summed E-state index contributed by atoms with van der Waals surface area (Å²) in [6, 6.07) is 6.77. The fraction of sp³-hybridized carbons (Fsp3) is 0.435. The lowest BCUT2D eigenvalue weighted by atomic mass is 10.1. The van der Waals surface area contributed by atoms with Crippen LogP contribution in [0.5, 0.6) is 0 Å². The predicted molar refractivity (Wildman–Crippen MR) is 139 cm³/mol. The summed E-state index contributed by atoms with van der Waals surface area (Å²) in [5, 5.41) is 3.79. The number of rotatable bonds is 7. The quantitative estimate of drug-likeness (QED) is 0.418. The minimum absolute atomic E-state index is 0.185. The average molecular weight is 540 g/mol. The van der Waals surface area contributed by atoms with Crippen LogP contribution in [-0.4, -0.2) is 74.1 Å². The molecule has 1 aromatic carbocycles. The van der Waals surface area contributed by atoms with Crippen molar-refractivity contribution in [3.05, 3.63) is 45.8 Å². The van der Waals surface area contributed by atoms with Gasteiger partial charge in [-0.3, -0.25) is 0 Å². The first kappa shape index (κ1) is 27.1. The van der Waals surface area contributed by atoms with Crippen LogP contribution in [0.3, 0.4) is 0 Å². The zero-order valence-electron chi connectivity index (χ0n) is 20.1. The second-order valence-corrected chi connectivity index (χ2v) is 11.2. The minimum atomic E-state index is -3.60. The molecule has 190 valence electrons. The van der Waals surface area contributed by atoms with Crippen LogP contribution in [-0.2, 0) is 19.5 Å². The van der Waals surface area contributed by atoms with Crippen molar-refractivity contribution in [2.24, 2.45) is 0 Å². The molecule has 0 unspecified atom stereocenters. The number of aryl methyl sites for hydroxylation is 1. The Kier molecular flexibility index (Phi) is 8.86. The second kappa shape index (κ2) is 11.5. The summed E-state index contributed by atoms with van der Waals surface area (Å²) < 4.78 is 37.7. The normalized spacial score (nSPS) is 14.5. The smallest absolute Gasteiger partial charge is 0.348 e. The van der Waals surface area contributed by atoms with Gasteiger partial charge in [0, 0.05) is 26.2 Å². The van der Waals surface area contributed by atoms with Crippen molar-refractivity contribution in [1.82, 2.24) is 9.21 Å². The Hall–Kier alpha value is -2.54. The highest BCUT2D eigenvalue weighted by atomic mass is 32.2. The maximum atomic E-state index is 13.0. The van der Waals surface area contributed by atoms with Gasteiger partial charge in [-0.25, -0.2) is 18.0 Å². The lowest BCUT2D eigenvalue weighted by molar-refractivity contribution is 0.0527. The van der Waals surface area contributed by atoms with E-state index in [0.29, 0.717) is 33.6 Å². The Morgan fingerprint density at radius 3 is 2.14 bits per heavy atom. The van der Waals surface area contributed by atoms with E-state index >= 15 is 0 Å². The van der Waals surface area contributed by atoms with Crippen molar-refractivity contribution < 1.29 is 27.5 Å². The lowest BCUT2D eigenvalue weighted by Gasteiger charge is -2.35. The van der Waals surface area contributed by atoms with Crippen LogP contribution in [0.2, 0.25) is 0 Å². The fourth-order valence-corrected chi connectivity index (χ4v) is 6.47. The van der Waals surface area contributed by atoms with E-state index in [4.69, 9.17) is 21.7 Å². The molecule has 3 rings (SSSR count). The van der Waals surface area contributed by atoms with Gasteiger partial charge in [0.15, 0.2) is 5.11 Å². The number of thiophene rings is 1. The van der Waals surface area contributed by atoms with E-state index in [0.717, 1.165) is 16.9 Å². The summed E-state index contributed by atoms with van der Waals surface area (Å²) in [6.45, 7) is 8.65. The van der Waals surface area contributed by atoms with Crippen LogP contribution >= 0.6 is 23.6 Å². The highest BCUT2D eigenvalue weighted by Gasteiger charge is 2.31. The van der Waals surface area contributed by atoms with Gasteiger partial charge in [0.25, 0.3) is 0 Å². The molecule has 0 radical (unpaired) electrons. The summed E-state index contributed by atoms with van der Waals surface area (Å²) in [6.07, 6.45) is 0. The van der Waals surface area contributed by atoms with E-state index < -0.39 is 22.0 Å². The van der Waals surface area contributed by atoms with Gasteiger partial charge >= 0.3 is 11.9 Å². The molecular weight excluding hydrogens is 510 g/mol. The summed E-state index contributed by atoms with van der Waals surface area (Å²) in [7, 11) is -3.60. The number of sulfonamides is 1. The second-order valence-electron chi connectivity index (χ2n) is 7.84. The molecule has 1 aliphatic rings. The van der Waals surface area contributed by atoms with Gasteiger partial charge in [-0.15, -0.1) is 11.3 Å². The summed E-state index contributed by atoms with van der Waals surface area (Å²) in [4.78, 5) is 27.4. The highest BCUT2D eigenvalue weighted by molar-refractivity contribution is 7.89. The minimum Gasteiger partial charge on any atom is -0.462 e. The molecule has 0 saturated carbocycles. The van der Waals surface area contributed by atoms with Gasteiger partial charge < -0.3 is 19.7 Å². The standard InChI is InChI=1S/C23H29N3O6S3/c1-5-31-21(27)18-16(4)19(22(28)32-6-2)34-20(18)24-23(33)25-11-13-26(14-12-25)35(29,30)17-9-7-15(3)8-10-17/h7-10H,5-6,11-14H2,1-4H3,(H,24,33). The number of hydrogen-bond donors (Lipinski definition) is 1. The van der Waals surface area contributed by atoms with Crippen molar-refractivity contribution in [2.75, 3.05) is 44.7 Å². The number of carbonyl (C=O) groups excluding carboxylic acids is 2. The summed E-state index contributed by atoms with van der Waals surface area (Å²) >= 11 is 6.64. The molecule has 0 amide bonds. The number of ether oxygens (including phenoxy) is 2. The average Bonchev–Trinajstić information content (AvgIpc) is 3.15. The lowest BCUT2D eigenvalue weighted by Crippen LogP contribution is -2.51. The van der Waals surface area contributed by atoms with Crippen molar-refractivity contribution in [3.8, 4) is 0 Å². The van der Waals surface area contributed by atoms with E-state index in [1.165, 1.54) is 4.31 Å². The molecule has 0 atom stereocenters. The molecule has 9 nitrogen and oxygen atoms in total. The van der Waals surface area contributed by atoms with Crippen LogP contribution in [0.1, 0.15) is 45.0 Å². The number of anilines is 1. The molecule has 35 heavy (non-hydrogen) atoms. The van der Waals surface area contributed by atoms with Gasteiger partial charge in [-0.05, 0) is 57.6 Å². The Morgan fingerprint density at radius 1 is 1.00 bits per heavy atom. The van der Waals surface area contributed by atoms with E-state index in [-0.39, 0.29) is 36.8 Å². The monoisotopic (exact) mass is 539 g/mol. The maximum absolute atomic E-state index is 13.0. The van der Waals surface area contributed by atoms with E-state index in [1.54, 1.807) is 45.0 Å². The number of piperazine rings is 1. The SMILES string of the molecule is CCOC(=O)c1sc(NC(=S)N2CCN(S(=O)(=O)c3ccc(C)cc3)CC2)c(C(=O)OCC)c1C. The molecule has 12 heteroatoms. The number of benzene rings is 1. The number of esters is 2. The molecule has 1 aliphatic heterocycles. The number of nitrogens with one attached hydrogen (secondary N) is 1. The third-order valence-electron chi connectivity index (χ3n) is 5.49. The molecule has 1 N–H and O–H groups in total. The van der Waals surface area contributed by atoms with E-state index in [9.17, 15) is 18.0 Å². The van der Waals surface area contributed by atoms with Crippen molar-refractivity contribution in [1.29, 1.82) is 0 Å². The van der Waals surface area contributed by atoms with E-state index in [2.05, 4.69) is 5.32 Å². The molecule has 1 aromatic heterocycles. The topological polar surface area (TPSA) is 105 Å². The third-order valence-corrected chi connectivity index (χ3v) is 8.95. The van der Waals surface area contributed by atoms with Gasteiger partial charge in [0.05, 0.1) is 23.7 Å². The molecular formula is C23H29N3O6S3. The molecule has 0 bridgehead atoms. The Bertz CT molecular complexity index is 1200. The molecule has 1 saturated heterocycles. The molecule has 0 aliphatic carbocycles. The van der Waals surface area contributed by atoms with Crippen molar-refractivity contribution in [2.45, 2.75) is 32.6 Å². The highest BCUT2D eigenvalue weighted by Crippen LogP contribution is 2.34. The van der Waals surface area contributed by atoms with Crippen molar-refractivity contribution in [3.63, 3.8) is 0 Å². The van der Waals surface area contributed by atoms with Gasteiger partial charge in [0.1, 0.15) is 9.88 Å². The van der Waals surface area contributed by atoms with Gasteiger partial charge in [-0.1, -0.05) is 17.7 Å². The summed E-state index contributed by atoms with van der Waals surface area (Å²) in [5.41, 5.74) is 1.69. The maximum Gasteiger partial charge on any atom is 0.348 e. The van der Waals surface area contributed by atoms with Crippen molar-refractivity contribution >= 4 is 55.6 Å². The van der Waals surface area contributed by atoms with Crippen LogP contribution in [0.25, 0.3) is 0 Å². The Labute approximate surface area is 215 Å². The van der Waals surface area contributed by atoms with Crippen LogP contribution in [0.15, 0.2) is 29.2 Å². The largest absolute Gasteiger partial charge is 0.462 e. The predicted octanol–water partition coefficient (Wildman–Crippen LogP) is 3.42. The van der Waals surface area contributed by atoms with Gasteiger partial charge in [-0.2, -0.15) is 4.31 Å². The molecule has 0 spiro atoms. The zero-order valence-corrected chi connectivity index (χ0v) is 22.6. The van der Waals surface area contributed by atoms with Crippen LogP contribution < -0.4 is 5.32 Å². The number of nitrogens with zero attached hydrogens (tertiary/aromatic N) is 2. The van der Waals surface area contributed by atoms with Gasteiger partial charge in [0.2, 0.25) is 10.0 Å². The number of thiocarbonyl (C=S) groups is 1. The number of carbonyl (C=O) groups is 2. The molecule has 2 heterocycles. The molecule has 2 aromatic rings. The zero-order chi connectivity index (χ0) is 25.8. The Balaban J connectivity index is 1.73. The first-order valence-corrected chi connectivity index (χ1v) is 13.9.